The molecule has 6 heteroatoms. The second-order valence-corrected chi connectivity index (χ2v) is 5.73. The molecule has 0 fully saturated rings. The van der Waals surface area contributed by atoms with Crippen LogP contribution in [0.5, 0.6) is 0 Å². The van der Waals surface area contributed by atoms with Crippen molar-refractivity contribution in [2.75, 3.05) is 7.11 Å². The van der Waals surface area contributed by atoms with E-state index in [2.05, 4.69) is 33.3 Å². The fourth-order valence-corrected chi connectivity index (χ4v) is 3.15. The van der Waals surface area contributed by atoms with Gasteiger partial charge in [-0.05, 0) is 42.5 Å². The summed E-state index contributed by atoms with van der Waals surface area (Å²) in [4.78, 5) is 22.5. The number of ether oxygens (including phenoxy) is 1. The maximum absolute atomic E-state index is 12.0. The standard InChI is InChI=1S/C14H16BBrNO3/c1-20-14(19)13(17-15-8-18)11-4-2-3-9-5-6-10(16)7-12(9)11/h5-8,11,13,17H,2-4H2,1H3/t11-,13?/m0/s1. The summed E-state index contributed by atoms with van der Waals surface area (Å²) >= 11 is 3.47. The van der Waals surface area contributed by atoms with Crippen LogP contribution in [0.2, 0.25) is 0 Å². The van der Waals surface area contributed by atoms with Crippen molar-refractivity contribution >= 4 is 35.5 Å². The first kappa shape index (κ1) is 15.3. The molecule has 20 heavy (non-hydrogen) atoms. The van der Waals surface area contributed by atoms with Crippen molar-refractivity contribution in [2.45, 2.75) is 31.2 Å². The largest absolute Gasteiger partial charge is 0.468 e. The Morgan fingerprint density at radius 3 is 3.10 bits per heavy atom. The van der Waals surface area contributed by atoms with E-state index < -0.39 is 6.04 Å². The lowest BCUT2D eigenvalue weighted by Gasteiger charge is -2.31. The Morgan fingerprint density at radius 2 is 2.40 bits per heavy atom. The van der Waals surface area contributed by atoms with Crippen LogP contribution in [0.25, 0.3) is 0 Å². The predicted octanol–water partition coefficient (Wildman–Crippen LogP) is 1.81. The SMILES string of the molecule is COC(=O)C(N[B]C=O)[C@H]1CCCc2ccc(Br)cc21. The zero-order valence-corrected chi connectivity index (χ0v) is 12.9. The molecular formula is C14H16BBrNO3. The summed E-state index contributed by atoms with van der Waals surface area (Å²) in [5.74, 6) is -0.333. The third-order valence-corrected chi connectivity index (χ3v) is 4.16. The molecule has 1 aliphatic carbocycles. The first-order valence-corrected chi connectivity index (χ1v) is 7.36. The third-order valence-electron chi connectivity index (χ3n) is 3.67. The monoisotopic (exact) mass is 336 g/mol. The van der Waals surface area contributed by atoms with Crippen molar-refractivity contribution in [3.05, 3.63) is 33.8 Å². The molecule has 4 nitrogen and oxygen atoms in total. The smallest absolute Gasteiger partial charge is 0.322 e. The van der Waals surface area contributed by atoms with Crippen LogP contribution in [-0.4, -0.2) is 32.7 Å². The Morgan fingerprint density at radius 1 is 1.60 bits per heavy atom. The van der Waals surface area contributed by atoms with Crippen LogP contribution in [0.3, 0.4) is 0 Å². The summed E-state index contributed by atoms with van der Waals surface area (Å²) < 4.78 is 5.85. The average Bonchev–Trinajstić information content (AvgIpc) is 2.47. The fourth-order valence-electron chi connectivity index (χ4n) is 2.77. The molecule has 0 aliphatic heterocycles. The van der Waals surface area contributed by atoms with Gasteiger partial charge in [-0.15, -0.1) is 0 Å². The fraction of sp³-hybridized carbons (Fsp3) is 0.429. The van der Waals surface area contributed by atoms with Gasteiger partial charge in [0.05, 0.1) is 13.3 Å². The quantitative estimate of drug-likeness (QED) is 0.506. The van der Waals surface area contributed by atoms with Gasteiger partial charge < -0.3 is 14.8 Å². The van der Waals surface area contributed by atoms with Gasteiger partial charge in [0.25, 0.3) is 7.41 Å². The first-order valence-electron chi connectivity index (χ1n) is 6.56. The molecule has 0 saturated heterocycles. The van der Waals surface area contributed by atoms with Crippen molar-refractivity contribution in [1.82, 2.24) is 5.23 Å². The molecule has 1 unspecified atom stereocenters. The topological polar surface area (TPSA) is 55.4 Å². The number of methoxy groups -OCH3 is 1. The van der Waals surface area contributed by atoms with Crippen LogP contribution in [0.1, 0.15) is 29.9 Å². The van der Waals surface area contributed by atoms with E-state index in [1.165, 1.54) is 20.1 Å². The summed E-state index contributed by atoms with van der Waals surface area (Å²) in [6, 6.07) is 5.62. The van der Waals surface area contributed by atoms with Crippen LogP contribution in [0, 0.1) is 0 Å². The summed E-state index contributed by atoms with van der Waals surface area (Å²) in [5, 5.41) is 2.87. The second kappa shape index (κ2) is 7.04. The molecule has 1 radical (unpaired) electrons. The van der Waals surface area contributed by atoms with E-state index in [9.17, 15) is 9.59 Å². The molecular weight excluding hydrogens is 321 g/mol. The molecule has 2 atom stereocenters. The molecule has 0 spiro atoms. The average molecular weight is 337 g/mol. The van der Waals surface area contributed by atoms with Gasteiger partial charge in [0.1, 0.15) is 6.04 Å². The number of halogens is 1. The minimum Gasteiger partial charge on any atom is -0.468 e. The van der Waals surface area contributed by atoms with Crippen molar-refractivity contribution in [2.24, 2.45) is 0 Å². The number of benzene rings is 1. The van der Waals surface area contributed by atoms with E-state index in [4.69, 9.17) is 4.74 Å². The van der Waals surface area contributed by atoms with Crippen molar-refractivity contribution in [1.29, 1.82) is 0 Å². The lowest BCUT2D eigenvalue weighted by molar-refractivity contribution is -0.143. The Labute approximate surface area is 127 Å². The molecule has 105 valence electrons. The van der Waals surface area contributed by atoms with E-state index in [1.807, 2.05) is 6.07 Å². The minimum atomic E-state index is -0.529. The van der Waals surface area contributed by atoms with E-state index >= 15 is 0 Å². The molecule has 2 rings (SSSR count). The predicted molar refractivity (Wildman–Crippen MR) is 81.3 cm³/mol. The Balaban J connectivity index is 2.32. The summed E-state index contributed by atoms with van der Waals surface area (Å²) in [6.07, 6.45) is 3.57. The maximum atomic E-state index is 12.0. The van der Waals surface area contributed by atoms with Crippen molar-refractivity contribution in [3.8, 4) is 0 Å². The van der Waals surface area contributed by atoms with E-state index in [0.29, 0.717) is 6.19 Å². The number of nitrogens with one attached hydrogen (secondary N) is 1. The van der Waals surface area contributed by atoms with E-state index in [0.717, 1.165) is 29.3 Å². The highest BCUT2D eigenvalue weighted by molar-refractivity contribution is 9.10. The Kier molecular flexibility index (Phi) is 5.37. The van der Waals surface area contributed by atoms with Crippen LogP contribution in [0.4, 0.5) is 0 Å². The molecule has 0 bridgehead atoms. The number of carbonyl (C=O) groups excluding carboxylic acids is 2. The zero-order chi connectivity index (χ0) is 14.5. The van der Waals surface area contributed by atoms with Gasteiger partial charge in [0, 0.05) is 10.4 Å². The zero-order valence-electron chi connectivity index (χ0n) is 11.3. The lowest BCUT2D eigenvalue weighted by Crippen LogP contribution is -2.45. The second-order valence-electron chi connectivity index (χ2n) is 4.81. The van der Waals surface area contributed by atoms with Gasteiger partial charge >= 0.3 is 5.97 Å². The van der Waals surface area contributed by atoms with Gasteiger partial charge in [-0.3, -0.25) is 4.79 Å². The number of hydrogen-bond acceptors (Lipinski definition) is 4. The van der Waals surface area contributed by atoms with Gasteiger partial charge in [-0.1, -0.05) is 22.0 Å². The highest BCUT2D eigenvalue weighted by atomic mass is 79.9. The normalized spacial score (nSPS) is 18.8. The number of esters is 1. The minimum absolute atomic E-state index is 0.0138. The number of hydrogen-bond donors (Lipinski definition) is 1. The maximum Gasteiger partial charge on any atom is 0.322 e. The Hall–Kier alpha value is -1.14. The van der Waals surface area contributed by atoms with Crippen LogP contribution >= 0.6 is 15.9 Å². The number of fused-ring (bicyclic) bond motifs is 1. The summed E-state index contributed by atoms with van der Waals surface area (Å²) in [6.45, 7) is 0. The summed E-state index contributed by atoms with van der Waals surface area (Å²) in [7, 11) is 2.62. The molecule has 1 aromatic rings. The number of carbonyl (C=O) groups is 2. The number of aryl methyl sites for hydroxylation is 1. The first-order chi connectivity index (χ1) is 9.67. The molecule has 0 amide bonds. The summed E-state index contributed by atoms with van der Waals surface area (Å²) in [5.41, 5.74) is 2.40. The molecule has 1 N–H and O–H groups in total. The molecule has 0 heterocycles. The van der Waals surface area contributed by atoms with Crippen molar-refractivity contribution in [3.63, 3.8) is 0 Å². The molecule has 1 aliphatic rings. The number of rotatable bonds is 5. The van der Waals surface area contributed by atoms with Crippen LogP contribution < -0.4 is 5.23 Å². The van der Waals surface area contributed by atoms with Crippen molar-refractivity contribution < 1.29 is 14.3 Å². The van der Waals surface area contributed by atoms with Gasteiger partial charge in [-0.25, -0.2) is 0 Å². The third kappa shape index (κ3) is 3.30. The molecule has 1 aromatic carbocycles. The van der Waals surface area contributed by atoms with Crippen LogP contribution in [0.15, 0.2) is 22.7 Å². The Bertz CT molecular complexity index is 509. The molecule has 0 aromatic heterocycles. The highest BCUT2D eigenvalue weighted by Crippen LogP contribution is 2.36. The van der Waals surface area contributed by atoms with Crippen LogP contribution in [-0.2, 0) is 20.7 Å². The highest BCUT2D eigenvalue weighted by Gasteiger charge is 2.33. The molecule has 0 saturated carbocycles. The lowest BCUT2D eigenvalue weighted by atomic mass is 9.77. The van der Waals surface area contributed by atoms with E-state index in [-0.39, 0.29) is 11.9 Å². The van der Waals surface area contributed by atoms with Gasteiger partial charge in [0.2, 0.25) is 0 Å². The van der Waals surface area contributed by atoms with Gasteiger partial charge in [-0.2, -0.15) is 0 Å². The van der Waals surface area contributed by atoms with Gasteiger partial charge in [0.15, 0.2) is 0 Å². The van der Waals surface area contributed by atoms with E-state index in [1.54, 1.807) is 0 Å².